The molecule has 8 nitrogen and oxygen atoms in total. The largest absolute Gasteiger partial charge is 0.497 e. The summed E-state index contributed by atoms with van der Waals surface area (Å²) in [6, 6.07) is 3.28. The lowest BCUT2D eigenvalue weighted by Crippen LogP contribution is -2.15. The van der Waals surface area contributed by atoms with Gasteiger partial charge >= 0.3 is 0 Å². The van der Waals surface area contributed by atoms with Gasteiger partial charge < -0.3 is 14.8 Å². The van der Waals surface area contributed by atoms with E-state index < -0.39 is 0 Å². The number of nitrogens with one attached hydrogen (secondary N) is 2. The second kappa shape index (κ2) is 8.25. The van der Waals surface area contributed by atoms with Crippen molar-refractivity contribution in [1.29, 1.82) is 0 Å². The predicted molar refractivity (Wildman–Crippen MR) is 114 cm³/mol. The van der Waals surface area contributed by atoms with Crippen molar-refractivity contribution in [3.63, 3.8) is 0 Å². The minimum Gasteiger partial charge on any atom is -0.497 e. The van der Waals surface area contributed by atoms with Crippen molar-refractivity contribution in [3.8, 4) is 22.9 Å². The Morgan fingerprint density at radius 2 is 2.19 bits per heavy atom. The second-order valence-corrected chi connectivity index (χ2v) is 7.43. The van der Waals surface area contributed by atoms with E-state index in [1.807, 2.05) is 0 Å². The molecular weight excluding hydrogens is 401 g/mol. The summed E-state index contributed by atoms with van der Waals surface area (Å²) in [6.45, 7) is 3.49. The van der Waals surface area contributed by atoms with E-state index in [4.69, 9.17) is 9.47 Å². The average Bonchev–Trinajstić information content (AvgIpc) is 3.35. The van der Waals surface area contributed by atoms with Gasteiger partial charge in [0.15, 0.2) is 11.6 Å². The highest BCUT2D eigenvalue weighted by Crippen LogP contribution is 2.41. The van der Waals surface area contributed by atoms with Gasteiger partial charge in [-0.3, -0.25) is 14.6 Å². The number of hydrogen-bond acceptors (Lipinski definition) is 5. The van der Waals surface area contributed by atoms with Gasteiger partial charge in [-0.2, -0.15) is 10.2 Å². The van der Waals surface area contributed by atoms with Gasteiger partial charge in [-0.1, -0.05) is 6.58 Å². The molecule has 1 aliphatic rings. The SMILES string of the molecule is C=CC(=O)Nc1cnn(C)c1-c1n[nH]c2c1CC[C@@H](c1cc(OC)cc(OC)c1F)C2. The molecule has 0 saturated heterocycles. The third kappa shape index (κ3) is 3.67. The maximum Gasteiger partial charge on any atom is 0.247 e. The number of rotatable bonds is 6. The van der Waals surface area contributed by atoms with Crippen molar-refractivity contribution >= 4 is 11.6 Å². The van der Waals surface area contributed by atoms with Gasteiger partial charge in [-0.25, -0.2) is 4.39 Å². The molecule has 0 fully saturated rings. The van der Waals surface area contributed by atoms with Crippen LogP contribution < -0.4 is 14.8 Å². The van der Waals surface area contributed by atoms with Crippen LogP contribution in [0.1, 0.15) is 29.2 Å². The number of halogens is 1. The molecule has 162 valence electrons. The van der Waals surface area contributed by atoms with E-state index in [1.165, 1.54) is 13.2 Å². The first-order valence-corrected chi connectivity index (χ1v) is 9.90. The van der Waals surface area contributed by atoms with Gasteiger partial charge in [0, 0.05) is 24.4 Å². The number of methoxy groups -OCH3 is 2. The highest BCUT2D eigenvalue weighted by molar-refractivity contribution is 6.01. The molecule has 4 rings (SSSR count). The second-order valence-electron chi connectivity index (χ2n) is 7.43. The van der Waals surface area contributed by atoms with Crippen LogP contribution in [0.15, 0.2) is 31.0 Å². The molecule has 1 aromatic carbocycles. The molecule has 1 atom stereocenters. The number of carbonyl (C=O) groups excluding carboxylic acids is 1. The van der Waals surface area contributed by atoms with Crippen LogP contribution in [-0.4, -0.2) is 40.1 Å². The Morgan fingerprint density at radius 3 is 2.90 bits per heavy atom. The summed E-state index contributed by atoms with van der Waals surface area (Å²) in [4.78, 5) is 11.8. The van der Waals surface area contributed by atoms with E-state index in [9.17, 15) is 9.18 Å². The first-order chi connectivity index (χ1) is 15.0. The monoisotopic (exact) mass is 425 g/mol. The van der Waals surface area contributed by atoms with Crippen molar-refractivity contribution in [3.05, 3.63) is 53.6 Å². The zero-order valence-corrected chi connectivity index (χ0v) is 17.7. The molecule has 3 aromatic rings. The van der Waals surface area contributed by atoms with Crippen LogP contribution in [0.3, 0.4) is 0 Å². The Morgan fingerprint density at radius 1 is 1.39 bits per heavy atom. The van der Waals surface area contributed by atoms with Crippen molar-refractivity contribution in [1.82, 2.24) is 20.0 Å². The first kappa shape index (κ1) is 20.6. The molecule has 1 aliphatic carbocycles. The lowest BCUT2D eigenvalue weighted by Gasteiger charge is -2.24. The fourth-order valence-corrected chi connectivity index (χ4v) is 4.12. The van der Waals surface area contributed by atoms with E-state index in [0.717, 1.165) is 23.4 Å². The van der Waals surface area contributed by atoms with E-state index in [1.54, 1.807) is 37.2 Å². The van der Waals surface area contributed by atoms with Gasteiger partial charge in [0.2, 0.25) is 5.91 Å². The predicted octanol–water partition coefficient (Wildman–Crippen LogP) is 3.36. The summed E-state index contributed by atoms with van der Waals surface area (Å²) in [7, 11) is 4.79. The molecule has 2 aromatic heterocycles. The fourth-order valence-electron chi connectivity index (χ4n) is 4.12. The molecule has 9 heteroatoms. The number of ether oxygens (including phenoxy) is 2. The van der Waals surface area contributed by atoms with Crippen LogP contribution in [-0.2, 0) is 24.7 Å². The normalized spacial score (nSPS) is 15.3. The summed E-state index contributed by atoms with van der Waals surface area (Å²) in [5.74, 6) is -0.000227. The minimum absolute atomic E-state index is 0.0451. The molecule has 2 N–H and O–H groups in total. The number of benzene rings is 1. The standard InChI is InChI=1S/C22H24FN5O3/c1-5-19(29)25-17-11-24-28(2)22(17)21-14-7-6-12(8-16(14)26-27-21)15-9-13(30-3)10-18(31-4)20(15)23/h5,9-12H,1,6-8H2,2-4H3,(H,25,29)(H,26,27)/t12-/m1/s1. The molecule has 0 radical (unpaired) electrons. The van der Waals surface area contributed by atoms with Crippen LogP contribution in [0.4, 0.5) is 10.1 Å². The molecule has 0 unspecified atom stereocenters. The van der Waals surface area contributed by atoms with Crippen LogP contribution in [0.2, 0.25) is 0 Å². The van der Waals surface area contributed by atoms with Gasteiger partial charge in [-0.15, -0.1) is 0 Å². The number of hydrogen-bond donors (Lipinski definition) is 2. The Labute approximate surface area is 179 Å². The van der Waals surface area contributed by atoms with Crippen molar-refractivity contribution in [2.45, 2.75) is 25.2 Å². The summed E-state index contributed by atoms with van der Waals surface area (Å²) >= 11 is 0. The van der Waals surface area contributed by atoms with Crippen LogP contribution in [0.25, 0.3) is 11.4 Å². The highest BCUT2D eigenvalue weighted by atomic mass is 19.1. The number of carbonyl (C=O) groups is 1. The summed E-state index contributed by atoms with van der Waals surface area (Å²) in [6.07, 6.45) is 4.82. The topological polar surface area (TPSA) is 94.1 Å². The number of aromatic amines is 1. The number of amides is 1. The number of aryl methyl sites for hydroxylation is 1. The fraction of sp³-hybridized carbons (Fsp3) is 0.318. The third-order valence-corrected chi connectivity index (χ3v) is 5.69. The number of nitrogens with zero attached hydrogens (tertiary/aromatic N) is 3. The summed E-state index contributed by atoms with van der Waals surface area (Å²) in [5, 5.41) is 14.6. The molecule has 2 heterocycles. The smallest absolute Gasteiger partial charge is 0.247 e. The van der Waals surface area contributed by atoms with Crippen molar-refractivity contribution in [2.75, 3.05) is 19.5 Å². The lowest BCUT2D eigenvalue weighted by atomic mass is 9.81. The third-order valence-electron chi connectivity index (χ3n) is 5.69. The minimum atomic E-state index is -0.363. The van der Waals surface area contributed by atoms with Gasteiger partial charge in [0.25, 0.3) is 0 Å². The Bertz CT molecular complexity index is 1150. The quantitative estimate of drug-likeness (QED) is 0.591. The van der Waals surface area contributed by atoms with Crippen molar-refractivity contribution in [2.24, 2.45) is 7.05 Å². The zero-order valence-electron chi connectivity index (χ0n) is 17.7. The Kier molecular flexibility index (Phi) is 5.50. The van der Waals surface area contributed by atoms with Crippen LogP contribution in [0, 0.1) is 5.82 Å². The van der Waals surface area contributed by atoms with Gasteiger partial charge in [0.1, 0.15) is 17.1 Å². The van der Waals surface area contributed by atoms with E-state index in [-0.39, 0.29) is 23.4 Å². The Balaban J connectivity index is 1.67. The molecule has 1 amide bonds. The van der Waals surface area contributed by atoms with E-state index in [0.29, 0.717) is 35.5 Å². The molecule has 0 aliphatic heterocycles. The molecule has 31 heavy (non-hydrogen) atoms. The average molecular weight is 425 g/mol. The summed E-state index contributed by atoms with van der Waals surface area (Å²) in [5.41, 5.74) is 4.56. The lowest BCUT2D eigenvalue weighted by molar-refractivity contribution is -0.111. The summed E-state index contributed by atoms with van der Waals surface area (Å²) < 4.78 is 27.1. The first-order valence-electron chi connectivity index (χ1n) is 9.90. The molecular formula is C22H24FN5O3. The van der Waals surface area contributed by atoms with Gasteiger partial charge in [0.05, 0.1) is 26.1 Å². The number of H-pyrrole nitrogens is 1. The zero-order chi connectivity index (χ0) is 22.1. The number of aromatic nitrogens is 4. The molecule has 0 saturated carbocycles. The maximum absolute atomic E-state index is 15.0. The maximum atomic E-state index is 15.0. The van der Waals surface area contributed by atoms with E-state index >= 15 is 0 Å². The Hall–Kier alpha value is -3.62. The number of fused-ring (bicyclic) bond motifs is 1. The van der Waals surface area contributed by atoms with Crippen LogP contribution >= 0.6 is 0 Å². The molecule has 0 spiro atoms. The van der Waals surface area contributed by atoms with E-state index in [2.05, 4.69) is 27.2 Å². The molecule has 0 bridgehead atoms. The van der Waals surface area contributed by atoms with Gasteiger partial charge in [-0.05, 0) is 42.9 Å². The highest BCUT2D eigenvalue weighted by Gasteiger charge is 2.30. The van der Waals surface area contributed by atoms with Crippen molar-refractivity contribution < 1.29 is 18.7 Å². The van der Waals surface area contributed by atoms with Crippen LogP contribution in [0.5, 0.6) is 11.5 Å². The number of anilines is 1.